The van der Waals surface area contributed by atoms with Gasteiger partial charge < -0.3 is 5.43 Å². The number of hydrogen-bond donors (Lipinski definition) is 2. The zero-order chi connectivity index (χ0) is 15.0. The average Bonchev–Trinajstić information content (AvgIpc) is 2.47. The number of nitrogens with two attached hydrogens (primary N) is 1. The van der Waals surface area contributed by atoms with Crippen molar-refractivity contribution in [2.24, 2.45) is 5.84 Å². The molecule has 0 saturated heterocycles. The fourth-order valence-corrected chi connectivity index (χ4v) is 3.76. The van der Waals surface area contributed by atoms with Crippen molar-refractivity contribution in [2.45, 2.75) is 6.92 Å². The summed E-state index contributed by atoms with van der Waals surface area (Å²) in [5.41, 5.74) is 7.63. The van der Waals surface area contributed by atoms with Crippen LogP contribution >= 0.6 is 31.9 Å². The highest BCUT2D eigenvalue weighted by Crippen LogP contribution is 2.37. The second kappa shape index (κ2) is 5.75. The van der Waals surface area contributed by atoms with Gasteiger partial charge in [0.25, 0.3) is 0 Å². The Labute approximate surface area is 139 Å². The van der Waals surface area contributed by atoms with Crippen molar-refractivity contribution in [1.29, 1.82) is 0 Å². The maximum Gasteiger partial charge on any atom is 0.0873 e. The molecule has 0 bridgehead atoms. The lowest BCUT2D eigenvalue weighted by Crippen LogP contribution is -2.10. The molecule has 0 unspecified atom stereocenters. The molecular formula is C16H13Br2N3. The van der Waals surface area contributed by atoms with Gasteiger partial charge in [0.1, 0.15) is 0 Å². The molecule has 3 aromatic rings. The van der Waals surface area contributed by atoms with Gasteiger partial charge in [-0.3, -0.25) is 5.84 Å². The highest BCUT2D eigenvalue weighted by Gasteiger charge is 2.15. The largest absolute Gasteiger partial charge is 0.323 e. The van der Waals surface area contributed by atoms with Gasteiger partial charge in [-0.1, -0.05) is 46.3 Å². The molecule has 0 fully saturated rings. The molecule has 21 heavy (non-hydrogen) atoms. The van der Waals surface area contributed by atoms with E-state index in [1.165, 1.54) is 0 Å². The van der Waals surface area contributed by atoms with Crippen molar-refractivity contribution in [1.82, 2.24) is 4.98 Å². The van der Waals surface area contributed by atoms with E-state index in [4.69, 9.17) is 10.8 Å². The van der Waals surface area contributed by atoms with E-state index in [1.807, 2.05) is 49.4 Å². The Morgan fingerprint density at radius 1 is 1.10 bits per heavy atom. The lowest BCUT2D eigenvalue weighted by Gasteiger charge is -2.15. The van der Waals surface area contributed by atoms with Crippen LogP contribution < -0.4 is 11.3 Å². The summed E-state index contributed by atoms with van der Waals surface area (Å²) in [7, 11) is 0. The molecule has 0 aliphatic carbocycles. The minimum absolute atomic E-state index is 0.885. The predicted molar refractivity (Wildman–Crippen MR) is 95.1 cm³/mol. The van der Waals surface area contributed by atoms with Gasteiger partial charge in [-0.15, -0.1) is 0 Å². The van der Waals surface area contributed by atoms with E-state index < -0.39 is 0 Å². The van der Waals surface area contributed by atoms with Gasteiger partial charge >= 0.3 is 0 Å². The molecule has 0 spiro atoms. The Morgan fingerprint density at radius 2 is 1.81 bits per heavy atom. The number of fused-ring (bicyclic) bond motifs is 1. The number of nitrogens with one attached hydrogen (secondary N) is 1. The van der Waals surface area contributed by atoms with Crippen LogP contribution in [0.2, 0.25) is 0 Å². The third-order valence-corrected chi connectivity index (χ3v) is 4.51. The minimum Gasteiger partial charge on any atom is -0.323 e. The van der Waals surface area contributed by atoms with Gasteiger partial charge in [-0.05, 0) is 35.0 Å². The average molecular weight is 407 g/mol. The number of rotatable bonds is 2. The summed E-state index contributed by atoms with van der Waals surface area (Å²) in [6.45, 7) is 2.03. The maximum atomic E-state index is 5.76. The van der Waals surface area contributed by atoms with E-state index >= 15 is 0 Å². The normalized spacial score (nSPS) is 10.9. The number of hydrazine groups is 1. The van der Waals surface area contributed by atoms with Crippen LogP contribution in [-0.4, -0.2) is 4.98 Å². The van der Waals surface area contributed by atoms with Crippen LogP contribution in [0.5, 0.6) is 0 Å². The van der Waals surface area contributed by atoms with E-state index in [2.05, 4.69) is 37.3 Å². The van der Waals surface area contributed by atoms with E-state index in [9.17, 15) is 0 Å². The van der Waals surface area contributed by atoms with Crippen LogP contribution in [-0.2, 0) is 0 Å². The minimum atomic E-state index is 0.885. The Kier molecular flexibility index (Phi) is 3.97. The Morgan fingerprint density at radius 3 is 2.48 bits per heavy atom. The molecule has 0 saturated carbocycles. The number of pyridine rings is 1. The van der Waals surface area contributed by atoms with Crippen molar-refractivity contribution in [3.8, 4) is 11.3 Å². The van der Waals surface area contributed by atoms with E-state index in [0.29, 0.717) is 0 Å². The van der Waals surface area contributed by atoms with Gasteiger partial charge in [0.05, 0.1) is 16.9 Å². The van der Waals surface area contributed by atoms with E-state index in [-0.39, 0.29) is 0 Å². The lowest BCUT2D eigenvalue weighted by molar-refractivity contribution is 1.27. The number of hydrogen-bond acceptors (Lipinski definition) is 3. The summed E-state index contributed by atoms with van der Waals surface area (Å²) in [4.78, 5) is 4.83. The molecule has 3 N–H and O–H groups in total. The van der Waals surface area contributed by atoms with Gasteiger partial charge in [0.15, 0.2) is 0 Å². The molecule has 106 valence electrons. The Hall–Kier alpha value is -1.43. The van der Waals surface area contributed by atoms with Gasteiger partial charge in [0, 0.05) is 25.5 Å². The van der Waals surface area contributed by atoms with Crippen molar-refractivity contribution in [2.75, 3.05) is 5.43 Å². The molecule has 0 aliphatic heterocycles. The van der Waals surface area contributed by atoms with Crippen molar-refractivity contribution >= 4 is 48.5 Å². The first kappa shape index (κ1) is 14.5. The van der Waals surface area contributed by atoms with Crippen LogP contribution in [0, 0.1) is 6.92 Å². The molecule has 0 aliphatic rings. The lowest BCUT2D eigenvalue weighted by atomic mass is 10.0. The molecule has 1 heterocycles. The third-order valence-electron chi connectivity index (χ3n) is 3.44. The summed E-state index contributed by atoms with van der Waals surface area (Å²) in [6, 6.07) is 14.1. The van der Waals surface area contributed by atoms with Crippen LogP contribution in [0.1, 0.15) is 5.56 Å². The summed E-state index contributed by atoms with van der Waals surface area (Å²) in [6.07, 6.45) is 0. The molecule has 0 radical (unpaired) electrons. The Bertz CT molecular complexity index is 817. The van der Waals surface area contributed by atoms with E-state index in [0.717, 1.165) is 42.4 Å². The van der Waals surface area contributed by atoms with E-state index in [1.54, 1.807) is 0 Å². The topological polar surface area (TPSA) is 50.9 Å². The first-order chi connectivity index (χ1) is 10.1. The number of benzene rings is 2. The van der Waals surface area contributed by atoms with Gasteiger partial charge in [-0.2, -0.15) is 0 Å². The summed E-state index contributed by atoms with van der Waals surface area (Å²) in [5, 5.41) is 0.982. The molecule has 0 atom stereocenters. The zero-order valence-corrected chi connectivity index (χ0v) is 14.5. The summed E-state index contributed by atoms with van der Waals surface area (Å²) in [5.74, 6) is 5.76. The van der Waals surface area contributed by atoms with Gasteiger partial charge in [-0.25, -0.2) is 4.98 Å². The molecule has 0 amide bonds. The predicted octanol–water partition coefficient (Wildman–Crippen LogP) is 5.02. The molecule has 2 aromatic carbocycles. The van der Waals surface area contributed by atoms with Crippen molar-refractivity contribution in [3.05, 3.63) is 57.0 Å². The summed E-state index contributed by atoms with van der Waals surface area (Å²) >= 11 is 7.09. The number of halogens is 2. The first-order valence-corrected chi connectivity index (χ1v) is 8.02. The molecule has 3 nitrogen and oxygen atoms in total. The monoisotopic (exact) mass is 405 g/mol. The van der Waals surface area contributed by atoms with Gasteiger partial charge in [0.2, 0.25) is 0 Å². The quantitative estimate of drug-likeness (QED) is 0.464. The fourth-order valence-electron chi connectivity index (χ4n) is 2.45. The summed E-state index contributed by atoms with van der Waals surface area (Å²) < 4.78 is 1.91. The second-order valence-corrected chi connectivity index (χ2v) is 6.52. The van der Waals surface area contributed by atoms with Crippen LogP contribution in [0.25, 0.3) is 22.2 Å². The molecule has 3 rings (SSSR count). The molecule has 5 heteroatoms. The number of nitrogen functional groups attached to an aromatic ring is 1. The zero-order valence-electron chi connectivity index (χ0n) is 11.3. The Balaban J connectivity index is 2.41. The number of nitrogens with zero attached hydrogens (tertiary/aromatic N) is 1. The number of anilines is 1. The highest BCUT2D eigenvalue weighted by molar-refractivity contribution is 9.11. The van der Waals surface area contributed by atoms with Crippen LogP contribution in [0.3, 0.4) is 0 Å². The first-order valence-electron chi connectivity index (χ1n) is 6.43. The van der Waals surface area contributed by atoms with Crippen LogP contribution in [0.15, 0.2) is 51.4 Å². The third kappa shape index (κ3) is 2.57. The van der Waals surface area contributed by atoms with Crippen molar-refractivity contribution in [3.63, 3.8) is 0 Å². The smallest absolute Gasteiger partial charge is 0.0873 e. The fraction of sp³-hybridized carbons (Fsp3) is 0.0625. The highest BCUT2D eigenvalue weighted by atomic mass is 79.9. The maximum absolute atomic E-state index is 5.76. The second-order valence-electron chi connectivity index (χ2n) is 4.75. The standard InChI is InChI=1S/C16H13Br2N3/c1-9-14(10-5-3-2-4-6-10)20-16-12(15(9)21-19)7-11(17)8-13(16)18/h2-8H,19H2,1H3,(H,20,21). The molecule has 1 aromatic heterocycles. The molecular weight excluding hydrogens is 394 g/mol. The SMILES string of the molecule is Cc1c(-c2ccccc2)nc2c(Br)cc(Br)cc2c1NN. The van der Waals surface area contributed by atoms with Crippen molar-refractivity contribution < 1.29 is 0 Å². The van der Waals surface area contributed by atoms with Crippen LogP contribution in [0.4, 0.5) is 5.69 Å². The number of aromatic nitrogens is 1.